The van der Waals surface area contributed by atoms with Crippen LogP contribution in [0.15, 0.2) is 28.6 Å². The van der Waals surface area contributed by atoms with Crippen LogP contribution in [0.2, 0.25) is 0 Å². The summed E-state index contributed by atoms with van der Waals surface area (Å²) in [4.78, 5) is 90.4. The molecule has 1 aromatic heterocycles. The van der Waals surface area contributed by atoms with Crippen LogP contribution in [0.1, 0.15) is 111 Å². The molecule has 0 saturated carbocycles. The second kappa shape index (κ2) is 27.3. The molecule has 0 radical (unpaired) electrons. The van der Waals surface area contributed by atoms with Gasteiger partial charge in [0.05, 0.1) is 10.2 Å². The van der Waals surface area contributed by atoms with Gasteiger partial charge < -0.3 is 37.6 Å². The van der Waals surface area contributed by atoms with Crippen molar-refractivity contribution in [3.63, 3.8) is 0 Å². The second-order valence-electron chi connectivity index (χ2n) is 13.5. The molecule has 1 heterocycles. The third-order valence-electron chi connectivity index (χ3n) is 8.61. The molecular formula is C38H60N8O7S2. The Bertz CT molecular complexity index is 1510. The maximum atomic E-state index is 13.5. The molecule has 0 aliphatic carbocycles. The third kappa shape index (κ3) is 21.4. The fourth-order valence-electron chi connectivity index (χ4n) is 5.69. The molecule has 17 heteroatoms. The van der Waals surface area contributed by atoms with E-state index in [2.05, 4.69) is 43.0 Å². The van der Waals surface area contributed by atoms with Gasteiger partial charge in [-0.2, -0.15) is 0 Å². The number of nitrogens with one attached hydrogen (secondary N) is 6. The monoisotopic (exact) mass is 804 g/mol. The molecule has 3 atom stereocenters. The molecule has 0 saturated heterocycles. The highest BCUT2D eigenvalue weighted by Gasteiger charge is 2.28. The fraction of sp³-hybridized carbons (Fsp3) is 0.632. The van der Waals surface area contributed by atoms with Crippen molar-refractivity contribution < 1.29 is 33.6 Å². The first kappa shape index (κ1) is 46.9. The molecule has 55 heavy (non-hydrogen) atoms. The number of carbonyl (C=O) groups excluding carboxylic acids is 7. The number of unbranched alkanes of at least 4 members (excludes halogenated alkanes) is 6. The average Bonchev–Trinajstić information content (AvgIpc) is 3.55. The van der Waals surface area contributed by atoms with Gasteiger partial charge in [-0.3, -0.25) is 33.6 Å². The maximum Gasteiger partial charge on any atom is 0.243 e. The summed E-state index contributed by atoms with van der Waals surface area (Å²) in [6.45, 7) is 5.37. The van der Waals surface area contributed by atoms with Gasteiger partial charge in [0.25, 0.3) is 0 Å². The van der Waals surface area contributed by atoms with Gasteiger partial charge in [-0.15, -0.1) is 11.3 Å². The van der Waals surface area contributed by atoms with E-state index < -0.39 is 41.8 Å². The van der Waals surface area contributed by atoms with Gasteiger partial charge in [-0.1, -0.05) is 36.7 Å². The van der Waals surface area contributed by atoms with E-state index in [0.29, 0.717) is 64.6 Å². The Labute approximate surface area is 332 Å². The van der Waals surface area contributed by atoms with Crippen LogP contribution < -0.4 is 37.6 Å². The van der Waals surface area contributed by atoms with Crippen LogP contribution in [-0.4, -0.2) is 89.8 Å². The number of nitrogens with zero attached hydrogens (tertiary/aromatic N) is 1. The van der Waals surface area contributed by atoms with Gasteiger partial charge in [0, 0.05) is 52.6 Å². The zero-order valence-corrected chi connectivity index (χ0v) is 34.1. The predicted molar refractivity (Wildman–Crippen MR) is 216 cm³/mol. The van der Waals surface area contributed by atoms with E-state index in [1.165, 1.54) is 25.5 Å². The molecular weight excluding hydrogens is 745 g/mol. The number of hydrogen-bond acceptors (Lipinski definition) is 10. The minimum absolute atomic E-state index is 0.0362. The number of carbonyl (C=O) groups is 7. The summed E-state index contributed by atoms with van der Waals surface area (Å²) < 4.78 is 2.28. The molecule has 0 aliphatic heterocycles. The quantitative estimate of drug-likeness (QED) is 0.0472. The summed E-state index contributed by atoms with van der Waals surface area (Å²) in [5, 5.41) is 16.4. The minimum Gasteiger partial charge on any atom is -0.368 e. The zero-order chi connectivity index (χ0) is 40.4. The molecule has 0 unspecified atom stereocenters. The normalized spacial score (nSPS) is 12.6. The summed E-state index contributed by atoms with van der Waals surface area (Å²) in [6, 6.07) is 5.19. The highest BCUT2D eigenvalue weighted by Crippen LogP contribution is 2.29. The lowest BCUT2D eigenvalue weighted by atomic mass is 10.0. The van der Waals surface area contributed by atoms with E-state index in [1.54, 1.807) is 23.1 Å². The van der Waals surface area contributed by atoms with Gasteiger partial charge >= 0.3 is 0 Å². The number of nitrogens with two attached hydrogens (primary N) is 1. The molecule has 0 fully saturated rings. The largest absolute Gasteiger partial charge is 0.368 e. The number of aromatic nitrogens is 1. The van der Waals surface area contributed by atoms with Crippen molar-refractivity contribution in [2.24, 2.45) is 5.73 Å². The summed E-state index contributed by atoms with van der Waals surface area (Å²) in [6.07, 6.45) is 8.26. The third-order valence-corrected chi connectivity index (χ3v) is 10.9. The van der Waals surface area contributed by atoms with Crippen molar-refractivity contribution in [3.05, 3.63) is 24.3 Å². The first-order chi connectivity index (χ1) is 26.3. The van der Waals surface area contributed by atoms with Gasteiger partial charge in [0.2, 0.25) is 41.4 Å². The highest BCUT2D eigenvalue weighted by atomic mass is 32.2. The second-order valence-corrected chi connectivity index (χ2v) is 15.9. The summed E-state index contributed by atoms with van der Waals surface area (Å²) >= 11 is 3.48. The lowest BCUT2D eigenvalue weighted by Gasteiger charge is -2.25. The Morgan fingerprint density at radius 1 is 0.636 bits per heavy atom. The Morgan fingerprint density at radius 2 is 1.16 bits per heavy atom. The highest BCUT2D eigenvalue weighted by molar-refractivity contribution is 8.01. The lowest BCUT2D eigenvalue weighted by Crippen LogP contribution is -2.56. The van der Waals surface area contributed by atoms with Crippen molar-refractivity contribution >= 4 is 74.7 Å². The molecule has 2 rings (SSSR count). The molecule has 2 aromatic rings. The van der Waals surface area contributed by atoms with Crippen LogP contribution in [0.4, 0.5) is 0 Å². The Kier molecular flexibility index (Phi) is 23.3. The topological polar surface area (TPSA) is 231 Å². The average molecular weight is 805 g/mol. The van der Waals surface area contributed by atoms with E-state index in [4.69, 9.17) is 5.73 Å². The number of rotatable bonds is 29. The van der Waals surface area contributed by atoms with E-state index in [1.807, 2.05) is 18.2 Å². The first-order valence-electron chi connectivity index (χ1n) is 19.3. The molecule has 0 aliphatic rings. The minimum atomic E-state index is -1.03. The van der Waals surface area contributed by atoms with Crippen molar-refractivity contribution in [1.29, 1.82) is 0 Å². The number of primary amides is 1. The lowest BCUT2D eigenvalue weighted by molar-refractivity contribution is -0.133. The number of fused-ring (bicyclic) bond motifs is 1. The van der Waals surface area contributed by atoms with Crippen LogP contribution >= 0.6 is 23.1 Å². The molecule has 0 bridgehead atoms. The molecule has 306 valence electrons. The molecule has 7 amide bonds. The van der Waals surface area contributed by atoms with Gasteiger partial charge in [0.15, 0.2) is 4.34 Å². The van der Waals surface area contributed by atoms with Crippen LogP contribution in [0, 0.1) is 0 Å². The molecule has 15 nitrogen and oxygen atoms in total. The predicted octanol–water partition coefficient (Wildman–Crippen LogP) is 3.20. The van der Waals surface area contributed by atoms with Gasteiger partial charge in [0.1, 0.15) is 18.1 Å². The summed E-state index contributed by atoms with van der Waals surface area (Å²) in [5.41, 5.74) is 6.62. The van der Waals surface area contributed by atoms with Crippen LogP contribution in [0.5, 0.6) is 0 Å². The van der Waals surface area contributed by atoms with E-state index >= 15 is 0 Å². The van der Waals surface area contributed by atoms with Crippen LogP contribution in [0.25, 0.3) is 10.2 Å². The number of thiazole rings is 1. The fourth-order valence-corrected chi connectivity index (χ4v) is 7.83. The van der Waals surface area contributed by atoms with Crippen molar-refractivity contribution in [3.8, 4) is 0 Å². The molecule has 1 aromatic carbocycles. The Balaban J connectivity index is 1.82. The first-order valence-corrected chi connectivity index (χ1v) is 21.1. The van der Waals surface area contributed by atoms with Crippen LogP contribution in [-0.2, 0) is 33.6 Å². The maximum absolute atomic E-state index is 13.5. The molecule has 0 spiro atoms. The van der Waals surface area contributed by atoms with Crippen molar-refractivity contribution in [2.45, 2.75) is 133 Å². The van der Waals surface area contributed by atoms with E-state index in [9.17, 15) is 33.6 Å². The Hall–Kier alpha value is -4.25. The van der Waals surface area contributed by atoms with Crippen LogP contribution in [0.3, 0.4) is 0 Å². The Morgan fingerprint density at radius 3 is 1.73 bits per heavy atom. The summed E-state index contributed by atoms with van der Waals surface area (Å²) in [5.74, 6) is -1.65. The number of thioether (sulfide) groups is 1. The zero-order valence-electron chi connectivity index (χ0n) is 32.5. The number of benzene rings is 1. The van der Waals surface area contributed by atoms with E-state index in [-0.39, 0.29) is 37.0 Å². The number of para-hydroxylation sites is 1. The summed E-state index contributed by atoms with van der Waals surface area (Å²) in [7, 11) is 0. The van der Waals surface area contributed by atoms with Crippen molar-refractivity contribution in [1.82, 2.24) is 36.9 Å². The SMILES string of the molecule is CC(=O)NCCCC[C@H](NC(=O)[C@H](CCCCNC(=O)CCCCCCSc1nc2ccccc2s1)NC(=O)[C@H](CCCCNC(C)=O)NC(C)=O)C(N)=O. The van der Waals surface area contributed by atoms with Crippen molar-refractivity contribution in [2.75, 3.05) is 25.4 Å². The number of amides is 7. The molecule has 8 N–H and O–H groups in total. The van der Waals surface area contributed by atoms with Gasteiger partial charge in [-0.05, 0) is 82.8 Å². The number of hydrogen-bond donors (Lipinski definition) is 7. The smallest absolute Gasteiger partial charge is 0.243 e. The van der Waals surface area contributed by atoms with E-state index in [0.717, 1.165) is 41.3 Å². The van der Waals surface area contributed by atoms with Gasteiger partial charge in [-0.25, -0.2) is 4.98 Å². The standard InChI is InChI=1S/C38H60N8O7S2/c1-26(47)40-22-12-9-17-30(35(39)51)44-37(53)32(45-36(52)31(43-28(3)49)18-10-13-23-41-27(2)48)19-11-14-24-42-34(50)21-6-4-5-15-25-54-38-46-29-16-7-8-20-33(29)55-38/h7-8,16,20,30-32H,4-6,9-15,17-19,21-25H2,1-3H3,(H2,39,51)(H,40,47)(H,41,48)(H,42,50)(H,43,49)(H,44,53)(H,45,52)/t30-,31-,32-/m0/s1.